The number of rotatable bonds is 5. The van der Waals surface area contributed by atoms with Crippen LogP contribution >= 0.6 is 0 Å². The molecule has 0 saturated heterocycles. The molecule has 0 bridgehead atoms. The van der Waals surface area contributed by atoms with Gasteiger partial charge in [0.05, 0.1) is 5.56 Å². The van der Waals surface area contributed by atoms with Crippen molar-refractivity contribution in [3.63, 3.8) is 0 Å². The highest BCUT2D eigenvalue weighted by Gasteiger charge is 2.32. The molecule has 140 valence electrons. The number of benzene rings is 2. The Hall–Kier alpha value is -3.07. The summed E-state index contributed by atoms with van der Waals surface area (Å²) in [6.07, 6.45) is -2.26. The van der Waals surface area contributed by atoms with Crippen LogP contribution in [-0.2, 0) is 23.8 Å². The molecule has 0 aliphatic heterocycles. The van der Waals surface area contributed by atoms with Crippen LogP contribution in [0, 0.1) is 11.3 Å². The Bertz CT molecular complexity index is 886. The van der Waals surface area contributed by atoms with E-state index < -0.39 is 17.6 Å². The van der Waals surface area contributed by atoms with Gasteiger partial charge in [-0.1, -0.05) is 50.2 Å². The van der Waals surface area contributed by atoms with Gasteiger partial charge in [-0.3, -0.25) is 4.79 Å². The zero-order valence-electron chi connectivity index (χ0n) is 15.0. The third-order valence-corrected chi connectivity index (χ3v) is 4.17. The van der Waals surface area contributed by atoms with E-state index in [9.17, 15) is 23.2 Å². The Kier molecular flexibility index (Phi) is 6.40. The summed E-state index contributed by atoms with van der Waals surface area (Å²) in [6, 6.07) is 12.1. The van der Waals surface area contributed by atoms with Crippen molar-refractivity contribution in [1.29, 1.82) is 5.26 Å². The van der Waals surface area contributed by atoms with Crippen molar-refractivity contribution in [3.05, 3.63) is 70.3 Å². The summed E-state index contributed by atoms with van der Waals surface area (Å²) in [5, 5.41) is 12.0. The van der Waals surface area contributed by atoms with E-state index in [2.05, 4.69) is 5.32 Å². The molecule has 1 amide bonds. The first-order valence-corrected chi connectivity index (χ1v) is 8.51. The molecule has 0 aromatic heterocycles. The van der Waals surface area contributed by atoms with Crippen LogP contribution in [0.25, 0.3) is 6.08 Å². The Morgan fingerprint density at radius 2 is 1.67 bits per heavy atom. The molecule has 0 radical (unpaired) electrons. The first-order valence-electron chi connectivity index (χ1n) is 8.51. The number of hydrogen-bond acceptors (Lipinski definition) is 2. The Morgan fingerprint density at radius 1 is 1.07 bits per heavy atom. The molecule has 2 rings (SSSR count). The summed E-state index contributed by atoms with van der Waals surface area (Å²) in [6.45, 7) is 3.87. The standard InChI is InChI=1S/C21H19F3N2O/c1-3-14-9-7-10-15(4-2)19(14)26-20(27)17(13-25)12-16-8-5-6-11-18(16)21(22,23)24/h5-12H,3-4H2,1-2H3,(H,26,27)/b17-12-. The number of halogens is 3. The van der Waals surface area contributed by atoms with Gasteiger partial charge in [0.15, 0.2) is 0 Å². The second-order valence-corrected chi connectivity index (χ2v) is 5.87. The minimum Gasteiger partial charge on any atom is -0.321 e. The molecule has 27 heavy (non-hydrogen) atoms. The third kappa shape index (κ3) is 4.76. The predicted molar refractivity (Wildman–Crippen MR) is 98.9 cm³/mol. The average Bonchev–Trinajstić information content (AvgIpc) is 2.65. The van der Waals surface area contributed by atoms with Gasteiger partial charge in [-0.15, -0.1) is 0 Å². The van der Waals surface area contributed by atoms with Crippen LogP contribution in [0.4, 0.5) is 18.9 Å². The van der Waals surface area contributed by atoms with Crippen molar-refractivity contribution in [2.24, 2.45) is 0 Å². The summed E-state index contributed by atoms with van der Waals surface area (Å²) in [5.41, 5.74) is 0.897. The van der Waals surface area contributed by atoms with E-state index in [0.717, 1.165) is 23.3 Å². The first-order chi connectivity index (χ1) is 12.8. The third-order valence-electron chi connectivity index (χ3n) is 4.17. The second kappa shape index (κ2) is 8.54. The number of nitrogens with zero attached hydrogens (tertiary/aromatic N) is 1. The number of amides is 1. The molecule has 0 saturated carbocycles. The van der Waals surface area contributed by atoms with E-state index in [0.29, 0.717) is 18.5 Å². The van der Waals surface area contributed by atoms with Crippen LogP contribution in [0.3, 0.4) is 0 Å². The summed E-state index contributed by atoms with van der Waals surface area (Å²) in [5.74, 6) is -0.731. The minimum atomic E-state index is -4.58. The molecule has 0 aliphatic rings. The number of aryl methyl sites for hydroxylation is 2. The SMILES string of the molecule is CCc1cccc(CC)c1NC(=O)/C(C#N)=C\c1ccccc1C(F)(F)F. The molecule has 0 atom stereocenters. The fraction of sp³-hybridized carbons (Fsp3) is 0.238. The van der Waals surface area contributed by atoms with Gasteiger partial charge in [-0.25, -0.2) is 0 Å². The van der Waals surface area contributed by atoms with Crippen molar-refractivity contribution in [2.75, 3.05) is 5.32 Å². The molecule has 0 fully saturated rings. The normalized spacial score (nSPS) is 11.8. The zero-order valence-corrected chi connectivity index (χ0v) is 15.0. The Balaban J connectivity index is 2.42. The van der Waals surface area contributed by atoms with Gasteiger partial charge < -0.3 is 5.32 Å². The van der Waals surface area contributed by atoms with Crippen LogP contribution < -0.4 is 5.32 Å². The van der Waals surface area contributed by atoms with Crippen LogP contribution in [0.5, 0.6) is 0 Å². The zero-order chi connectivity index (χ0) is 20.0. The lowest BCUT2D eigenvalue weighted by molar-refractivity contribution is -0.137. The summed E-state index contributed by atoms with van der Waals surface area (Å²) in [4.78, 5) is 12.6. The first kappa shape index (κ1) is 20.2. The molecule has 3 nitrogen and oxygen atoms in total. The Labute approximate surface area is 156 Å². The lowest BCUT2D eigenvalue weighted by atomic mass is 10.0. The summed E-state index contributed by atoms with van der Waals surface area (Å²) < 4.78 is 39.4. The van der Waals surface area contributed by atoms with E-state index in [1.165, 1.54) is 18.2 Å². The highest BCUT2D eigenvalue weighted by Crippen LogP contribution is 2.33. The van der Waals surface area contributed by atoms with E-state index in [1.54, 1.807) is 6.07 Å². The van der Waals surface area contributed by atoms with E-state index >= 15 is 0 Å². The molecule has 6 heteroatoms. The van der Waals surface area contributed by atoms with Gasteiger partial charge in [-0.2, -0.15) is 18.4 Å². The largest absolute Gasteiger partial charge is 0.416 e. The molecular formula is C21H19F3N2O. The number of carbonyl (C=O) groups is 1. The highest BCUT2D eigenvalue weighted by molar-refractivity contribution is 6.10. The van der Waals surface area contributed by atoms with Gasteiger partial charge in [-0.05, 0) is 41.7 Å². The van der Waals surface area contributed by atoms with Crippen molar-refractivity contribution in [1.82, 2.24) is 0 Å². The minimum absolute atomic E-state index is 0.226. The maximum absolute atomic E-state index is 13.1. The molecule has 0 unspecified atom stereocenters. The highest BCUT2D eigenvalue weighted by atomic mass is 19.4. The van der Waals surface area contributed by atoms with Crippen LogP contribution in [0.2, 0.25) is 0 Å². The topological polar surface area (TPSA) is 52.9 Å². The molecule has 0 heterocycles. The smallest absolute Gasteiger partial charge is 0.321 e. The van der Waals surface area contributed by atoms with Gasteiger partial charge in [0.2, 0.25) is 0 Å². The number of hydrogen-bond donors (Lipinski definition) is 1. The van der Waals surface area contributed by atoms with E-state index in [4.69, 9.17) is 0 Å². The van der Waals surface area contributed by atoms with E-state index in [1.807, 2.05) is 32.0 Å². The molecule has 0 aliphatic carbocycles. The van der Waals surface area contributed by atoms with Crippen LogP contribution in [-0.4, -0.2) is 5.91 Å². The maximum atomic E-state index is 13.1. The van der Waals surface area contributed by atoms with Crippen LogP contribution in [0.1, 0.15) is 36.1 Å². The van der Waals surface area contributed by atoms with Gasteiger partial charge in [0.1, 0.15) is 11.6 Å². The maximum Gasteiger partial charge on any atom is 0.416 e. The van der Waals surface area contributed by atoms with Gasteiger partial charge in [0.25, 0.3) is 5.91 Å². The number of carbonyl (C=O) groups excluding carboxylic acids is 1. The lowest BCUT2D eigenvalue weighted by Gasteiger charge is -2.14. The average molecular weight is 372 g/mol. The molecule has 2 aromatic carbocycles. The monoisotopic (exact) mass is 372 g/mol. The number of para-hydroxylation sites is 1. The lowest BCUT2D eigenvalue weighted by Crippen LogP contribution is -2.16. The number of nitrogens with one attached hydrogen (secondary N) is 1. The summed E-state index contributed by atoms with van der Waals surface area (Å²) in [7, 11) is 0. The second-order valence-electron chi connectivity index (χ2n) is 5.87. The Morgan fingerprint density at radius 3 is 2.19 bits per heavy atom. The van der Waals surface area contributed by atoms with Crippen molar-refractivity contribution >= 4 is 17.7 Å². The number of nitriles is 1. The summed E-state index contributed by atoms with van der Waals surface area (Å²) >= 11 is 0. The quantitative estimate of drug-likeness (QED) is 0.566. The van der Waals surface area contributed by atoms with Crippen molar-refractivity contribution in [2.45, 2.75) is 32.9 Å². The van der Waals surface area contributed by atoms with Crippen LogP contribution in [0.15, 0.2) is 48.0 Å². The molecule has 2 aromatic rings. The predicted octanol–water partition coefficient (Wildman–Crippen LogP) is 5.38. The fourth-order valence-corrected chi connectivity index (χ4v) is 2.77. The van der Waals surface area contributed by atoms with Crippen molar-refractivity contribution in [3.8, 4) is 6.07 Å². The molecule has 1 N–H and O–H groups in total. The van der Waals surface area contributed by atoms with E-state index in [-0.39, 0.29) is 11.1 Å². The number of alkyl halides is 3. The van der Waals surface area contributed by atoms with Crippen molar-refractivity contribution < 1.29 is 18.0 Å². The molecular weight excluding hydrogens is 353 g/mol. The fourth-order valence-electron chi connectivity index (χ4n) is 2.77. The number of anilines is 1. The molecule has 0 spiro atoms. The van der Waals surface area contributed by atoms with Gasteiger partial charge in [0, 0.05) is 5.69 Å². The van der Waals surface area contributed by atoms with Gasteiger partial charge >= 0.3 is 6.18 Å².